The van der Waals surface area contributed by atoms with Crippen LogP contribution in [-0.2, 0) is 13.0 Å². The van der Waals surface area contributed by atoms with Crippen LogP contribution in [0.1, 0.15) is 46.9 Å². The quantitative estimate of drug-likeness (QED) is 0.734. The Morgan fingerprint density at radius 1 is 1.27 bits per heavy atom. The minimum Gasteiger partial charge on any atom is -0.463 e. The SMILES string of the molecule is CC(C)c1ccc2occ(C(=O)N3CCc4nc(N)nc(N)c4C3)c2c1. The van der Waals surface area contributed by atoms with Gasteiger partial charge in [0.1, 0.15) is 17.7 Å². The molecule has 1 aliphatic rings. The van der Waals surface area contributed by atoms with E-state index >= 15 is 0 Å². The molecule has 0 saturated heterocycles. The number of nitrogens with two attached hydrogens (primary N) is 2. The van der Waals surface area contributed by atoms with Gasteiger partial charge in [-0.1, -0.05) is 19.9 Å². The highest BCUT2D eigenvalue weighted by atomic mass is 16.3. The van der Waals surface area contributed by atoms with Crippen molar-refractivity contribution in [3.8, 4) is 0 Å². The van der Waals surface area contributed by atoms with Crippen molar-refractivity contribution in [2.24, 2.45) is 0 Å². The Morgan fingerprint density at radius 3 is 2.85 bits per heavy atom. The van der Waals surface area contributed by atoms with Crippen molar-refractivity contribution in [2.75, 3.05) is 18.0 Å². The molecule has 0 radical (unpaired) electrons. The maximum atomic E-state index is 13.1. The van der Waals surface area contributed by atoms with E-state index in [-0.39, 0.29) is 11.9 Å². The first-order valence-corrected chi connectivity index (χ1v) is 8.65. The molecule has 0 fully saturated rings. The molecule has 2 aromatic heterocycles. The van der Waals surface area contributed by atoms with Crippen molar-refractivity contribution >= 4 is 28.6 Å². The van der Waals surface area contributed by atoms with E-state index in [2.05, 4.69) is 23.8 Å². The van der Waals surface area contributed by atoms with E-state index in [1.54, 1.807) is 4.90 Å². The molecular formula is C19H21N5O2. The maximum Gasteiger partial charge on any atom is 0.258 e. The fourth-order valence-electron chi connectivity index (χ4n) is 3.37. The Labute approximate surface area is 151 Å². The largest absolute Gasteiger partial charge is 0.463 e. The van der Waals surface area contributed by atoms with Crippen molar-refractivity contribution in [3.63, 3.8) is 0 Å². The summed E-state index contributed by atoms with van der Waals surface area (Å²) in [6.07, 6.45) is 2.14. The molecule has 1 aliphatic heterocycles. The van der Waals surface area contributed by atoms with Gasteiger partial charge < -0.3 is 20.8 Å². The van der Waals surface area contributed by atoms with E-state index in [9.17, 15) is 4.79 Å². The second kappa shape index (κ2) is 6.01. The molecular weight excluding hydrogens is 330 g/mol. The minimum absolute atomic E-state index is 0.0773. The summed E-state index contributed by atoms with van der Waals surface area (Å²) >= 11 is 0. The maximum absolute atomic E-state index is 13.1. The van der Waals surface area contributed by atoms with Crippen molar-refractivity contribution in [3.05, 3.63) is 46.8 Å². The van der Waals surface area contributed by atoms with Crippen LogP contribution in [-0.4, -0.2) is 27.3 Å². The second-order valence-electron chi connectivity index (χ2n) is 6.93. The van der Waals surface area contributed by atoms with E-state index in [1.165, 1.54) is 11.8 Å². The van der Waals surface area contributed by atoms with Crippen LogP contribution in [0.4, 0.5) is 11.8 Å². The highest BCUT2D eigenvalue weighted by Gasteiger charge is 2.27. The standard InChI is InChI=1S/C19H21N5O2/c1-10(2)11-3-4-16-12(7-11)14(9-26-16)18(25)24-6-5-15-13(8-24)17(20)23-19(21)22-15/h3-4,7,9-10H,5-6,8H2,1-2H3,(H4,20,21,22,23). The van der Waals surface area contributed by atoms with E-state index in [4.69, 9.17) is 15.9 Å². The van der Waals surface area contributed by atoms with E-state index < -0.39 is 0 Å². The van der Waals surface area contributed by atoms with Crippen molar-refractivity contribution < 1.29 is 9.21 Å². The number of fused-ring (bicyclic) bond motifs is 2. The highest BCUT2D eigenvalue weighted by molar-refractivity contribution is 6.06. The number of amides is 1. The van der Waals surface area contributed by atoms with Gasteiger partial charge in [-0.2, -0.15) is 4.98 Å². The molecule has 1 amide bonds. The molecule has 3 aromatic rings. The van der Waals surface area contributed by atoms with Crippen LogP contribution < -0.4 is 11.5 Å². The van der Waals surface area contributed by atoms with Crippen molar-refractivity contribution in [1.29, 1.82) is 0 Å². The molecule has 134 valence electrons. The third kappa shape index (κ3) is 2.65. The number of nitrogen functional groups attached to an aromatic ring is 2. The monoisotopic (exact) mass is 351 g/mol. The first-order valence-electron chi connectivity index (χ1n) is 8.65. The fourth-order valence-corrected chi connectivity index (χ4v) is 3.37. The summed E-state index contributed by atoms with van der Waals surface area (Å²) in [5.41, 5.74) is 15.7. The molecule has 4 N–H and O–H groups in total. The number of anilines is 2. The van der Waals surface area contributed by atoms with Gasteiger partial charge in [-0.05, 0) is 23.6 Å². The van der Waals surface area contributed by atoms with Crippen LogP contribution >= 0.6 is 0 Å². The predicted octanol–water partition coefficient (Wildman–Crippen LogP) is 2.71. The Kier molecular flexibility index (Phi) is 3.79. The Balaban J connectivity index is 1.68. The Morgan fingerprint density at radius 2 is 2.08 bits per heavy atom. The molecule has 26 heavy (non-hydrogen) atoms. The van der Waals surface area contributed by atoms with Crippen LogP contribution in [0, 0.1) is 0 Å². The number of hydrogen-bond donors (Lipinski definition) is 2. The fraction of sp³-hybridized carbons (Fsp3) is 0.316. The molecule has 0 bridgehead atoms. The van der Waals surface area contributed by atoms with Gasteiger partial charge in [0.15, 0.2) is 0 Å². The lowest BCUT2D eigenvalue weighted by Crippen LogP contribution is -2.37. The van der Waals surface area contributed by atoms with E-state index in [0.29, 0.717) is 42.4 Å². The van der Waals surface area contributed by atoms with Gasteiger partial charge in [0.25, 0.3) is 5.91 Å². The zero-order valence-corrected chi connectivity index (χ0v) is 14.8. The molecule has 7 nitrogen and oxygen atoms in total. The van der Waals surface area contributed by atoms with Crippen LogP contribution in [0.2, 0.25) is 0 Å². The van der Waals surface area contributed by atoms with Crippen LogP contribution in [0.25, 0.3) is 11.0 Å². The number of aromatic nitrogens is 2. The first-order chi connectivity index (χ1) is 12.4. The van der Waals surface area contributed by atoms with Crippen LogP contribution in [0.15, 0.2) is 28.9 Å². The third-order valence-corrected chi connectivity index (χ3v) is 4.89. The minimum atomic E-state index is -0.0773. The lowest BCUT2D eigenvalue weighted by Gasteiger charge is -2.28. The Bertz CT molecular complexity index is 1010. The average Bonchev–Trinajstić information content (AvgIpc) is 3.03. The zero-order chi connectivity index (χ0) is 18.4. The predicted molar refractivity (Wildman–Crippen MR) is 99.6 cm³/mol. The van der Waals surface area contributed by atoms with Crippen molar-refractivity contribution in [2.45, 2.75) is 32.7 Å². The van der Waals surface area contributed by atoms with Gasteiger partial charge in [-0.3, -0.25) is 4.79 Å². The van der Waals surface area contributed by atoms with E-state index in [0.717, 1.165) is 16.6 Å². The number of rotatable bonds is 2. The summed E-state index contributed by atoms with van der Waals surface area (Å²) in [5, 5.41) is 0.841. The smallest absolute Gasteiger partial charge is 0.258 e. The number of nitrogens with zero attached hydrogens (tertiary/aromatic N) is 3. The number of benzene rings is 1. The number of carbonyl (C=O) groups is 1. The normalized spacial score (nSPS) is 14.0. The molecule has 7 heteroatoms. The molecule has 4 rings (SSSR count). The van der Waals surface area contributed by atoms with Gasteiger partial charge in [0.2, 0.25) is 5.95 Å². The topological polar surface area (TPSA) is 111 Å². The number of carbonyl (C=O) groups excluding carboxylic acids is 1. The summed E-state index contributed by atoms with van der Waals surface area (Å²) in [5.74, 6) is 0.806. The summed E-state index contributed by atoms with van der Waals surface area (Å²) in [6.45, 7) is 5.17. The summed E-state index contributed by atoms with van der Waals surface area (Å²) < 4.78 is 5.59. The van der Waals surface area contributed by atoms with Crippen LogP contribution in [0.3, 0.4) is 0 Å². The highest BCUT2D eigenvalue weighted by Crippen LogP contribution is 2.29. The number of furan rings is 1. The third-order valence-electron chi connectivity index (χ3n) is 4.89. The summed E-state index contributed by atoms with van der Waals surface area (Å²) in [4.78, 5) is 23.1. The molecule has 0 aliphatic carbocycles. The molecule has 0 saturated carbocycles. The van der Waals surface area contributed by atoms with Gasteiger partial charge in [-0.15, -0.1) is 0 Å². The van der Waals surface area contributed by atoms with Gasteiger partial charge in [0.05, 0.1) is 17.8 Å². The van der Waals surface area contributed by atoms with Crippen molar-refractivity contribution in [1.82, 2.24) is 14.9 Å². The van der Waals surface area contributed by atoms with Gasteiger partial charge in [-0.25, -0.2) is 4.98 Å². The summed E-state index contributed by atoms with van der Waals surface area (Å²) in [6, 6.07) is 5.98. The second-order valence-corrected chi connectivity index (χ2v) is 6.93. The Hall–Kier alpha value is -3.09. The molecule has 0 unspecified atom stereocenters. The lowest BCUT2D eigenvalue weighted by molar-refractivity contribution is 0.0735. The van der Waals surface area contributed by atoms with E-state index in [1.807, 2.05) is 18.2 Å². The van der Waals surface area contributed by atoms with Crippen LogP contribution in [0.5, 0.6) is 0 Å². The van der Waals surface area contributed by atoms with Gasteiger partial charge in [0, 0.05) is 23.9 Å². The number of hydrogen-bond acceptors (Lipinski definition) is 6. The molecule has 0 spiro atoms. The average molecular weight is 351 g/mol. The lowest BCUT2D eigenvalue weighted by atomic mass is 10.00. The summed E-state index contributed by atoms with van der Waals surface area (Å²) in [7, 11) is 0. The zero-order valence-electron chi connectivity index (χ0n) is 14.8. The molecule has 0 atom stereocenters. The van der Waals surface area contributed by atoms with Gasteiger partial charge >= 0.3 is 0 Å². The first kappa shape index (κ1) is 16.4. The molecule has 1 aromatic carbocycles. The molecule has 3 heterocycles.